The van der Waals surface area contributed by atoms with Gasteiger partial charge in [-0.15, -0.1) is 0 Å². The molecule has 4 unspecified atom stereocenters. The molecule has 0 nitrogen and oxygen atoms in total. The average molecular weight is 260 g/mol. The largest absolute Gasteiger partial charge is 0.212 e. The molecule has 0 aliphatic heterocycles. The van der Waals surface area contributed by atoms with Crippen molar-refractivity contribution in [1.29, 1.82) is 0 Å². The van der Waals surface area contributed by atoms with E-state index in [1.165, 1.54) is 44.9 Å². The van der Waals surface area contributed by atoms with E-state index in [2.05, 4.69) is 6.92 Å². The number of rotatable bonds is 0. The summed E-state index contributed by atoms with van der Waals surface area (Å²) < 4.78 is 14.2. The summed E-state index contributed by atoms with van der Waals surface area (Å²) in [7, 11) is 0. The number of halogens is 1. The van der Waals surface area contributed by atoms with Crippen LogP contribution in [0.15, 0.2) is 23.0 Å². The molecule has 0 aromatic rings. The Labute approximate surface area is 116 Å². The van der Waals surface area contributed by atoms with E-state index in [0.29, 0.717) is 5.92 Å². The molecule has 1 heteroatoms. The van der Waals surface area contributed by atoms with Crippen molar-refractivity contribution in [2.45, 2.75) is 64.7 Å². The summed E-state index contributed by atoms with van der Waals surface area (Å²) in [6.07, 6.45) is 13.4. The van der Waals surface area contributed by atoms with Crippen LogP contribution in [-0.4, -0.2) is 0 Å². The van der Waals surface area contributed by atoms with E-state index in [0.717, 1.165) is 24.7 Å². The monoisotopic (exact) mass is 260 g/mol. The molecule has 4 aliphatic rings. The fraction of sp³-hybridized carbons (Fsp3) is 0.778. The zero-order chi connectivity index (χ0) is 13.0. The summed E-state index contributed by atoms with van der Waals surface area (Å²) in [5.74, 6) is 2.41. The van der Waals surface area contributed by atoms with Gasteiger partial charge in [0.15, 0.2) is 0 Å². The topological polar surface area (TPSA) is 0 Å². The lowest BCUT2D eigenvalue weighted by Crippen LogP contribution is -2.42. The summed E-state index contributed by atoms with van der Waals surface area (Å²) in [5.41, 5.74) is 3.54. The maximum absolute atomic E-state index is 14.2. The number of fused-ring (bicyclic) bond motifs is 4. The summed E-state index contributed by atoms with van der Waals surface area (Å²) >= 11 is 0. The van der Waals surface area contributed by atoms with E-state index < -0.39 is 0 Å². The molecular formula is C18H25F. The second kappa shape index (κ2) is 4.20. The van der Waals surface area contributed by atoms with Crippen molar-refractivity contribution in [2.24, 2.45) is 23.2 Å². The Bertz CT molecular complexity index is 458. The summed E-state index contributed by atoms with van der Waals surface area (Å²) in [4.78, 5) is 0. The van der Waals surface area contributed by atoms with Crippen molar-refractivity contribution in [3.8, 4) is 0 Å². The third-order valence-corrected chi connectivity index (χ3v) is 6.78. The van der Waals surface area contributed by atoms with Gasteiger partial charge in [-0.2, -0.15) is 0 Å². The molecule has 0 aromatic carbocycles. The minimum Gasteiger partial charge on any atom is -0.212 e. The smallest absolute Gasteiger partial charge is 0.102 e. The van der Waals surface area contributed by atoms with Crippen molar-refractivity contribution in [1.82, 2.24) is 0 Å². The first-order chi connectivity index (χ1) is 9.20. The van der Waals surface area contributed by atoms with E-state index >= 15 is 0 Å². The van der Waals surface area contributed by atoms with E-state index in [9.17, 15) is 4.39 Å². The lowest BCUT2D eigenvalue weighted by atomic mass is 9.54. The molecule has 19 heavy (non-hydrogen) atoms. The lowest BCUT2D eigenvalue weighted by Gasteiger charge is -2.50. The third-order valence-electron chi connectivity index (χ3n) is 6.78. The van der Waals surface area contributed by atoms with E-state index in [1.54, 1.807) is 0 Å². The summed E-state index contributed by atoms with van der Waals surface area (Å²) in [6.45, 7) is 2.19. The van der Waals surface area contributed by atoms with Crippen LogP contribution in [0.1, 0.15) is 64.7 Å². The van der Waals surface area contributed by atoms with Gasteiger partial charge in [0.1, 0.15) is 5.83 Å². The van der Waals surface area contributed by atoms with Crippen LogP contribution in [0.5, 0.6) is 0 Å². The van der Waals surface area contributed by atoms with Crippen LogP contribution < -0.4 is 0 Å². The van der Waals surface area contributed by atoms with Crippen LogP contribution in [0.25, 0.3) is 0 Å². The van der Waals surface area contributed by atoms with Crippen molar-refractivity contribution in [3.05, 3.63) is 23.0 Å². The normalized spacial score (nSPS) is 45.4. The standard InChI is InChI=1S/C18H25F/c1-18-11-10-14-13-5-3-2-4-12(13)6-7-15(14)16(18)8-9-17(18)19/h9,14-16H,2-8,10-11H2,1H3. The van der Waals surface area contributed by atoms with Gasteiger partial charge < -0.3 is 0 Å². The van der Waals surface area contributed by atoms with E-state index in [1.807, 2.05) is 17.2 Å². The Morgan fingerprint density at radius 2 is 2.00 bits per heavy atom. The van der Waals surface area contributed by atoms with Gasteiger partial charge >= 0.3 is 0 Å². The Morgan fingerprint density at radius 3 is 2.89 bits per heavy atom. The van der Waals surface area contributed by atoms with Gasteiger partial charge in [-0.05, 0) is 75.5 Å². The first-order valence-electron chi connectivity index (χ1n) is 8.27. The van der Waals surface area contributed by atoms with Gasteiger partial charge in [-0.3, -0.25) is 0 Å². The summed E-state index contributed by atoms with van der Waals surface area (Å²) in [6, 6.07) is 0. The molecule has 0 bridgehead atoms. The van der Waals surface area contributed by atoms with Gasteiger partial charge in [-0.25, -0.2) is 4.39 Å². The molecule has 1 saturated carbocycles. The highest BCUT2D eigenvalue weighted by Crippen LogP contribution is 2.61. The molecule has 0 spiro atoms. The van der Waals surface area contributed by atoms with Crippen molar-refractivity contribution >= 4 is 0 Å². The Hall–Kier alpha value is -0.590. The van der Waals surface area contributed by atoms with Crippen molar-refractivity contribution in [2.75, 3.05) is 0 Å². The van der Waals surface area contributed by atoms with Crippen LogP contribution in [0, 0.1) is 23.2 Å². The Balaban J connectivity index is 1.67. The second-order valence-electron chi connectivity index (χ2n) is 7.50. The van der Waals surface area contributed by atoms with Crippen LogP contribution >= 0.6 is 0 Å². The SMILES string of the molecule is CC12CCC3C4=C(CCCC4)CCC3C1CC=C2F. The Kier molecular flexibility index (Phi) is 2.69. The number of hydrogen-bond acceptors (Lipinski definition) is 0. The maximum atomic E-state index is 14.2. The number of hydrogen-bond donors (Lipinski definition) is 0. The minimum atomic E-state index is -0.103. The lowest BCUT2D eigenvalue weighted by molar-refractivity contribution is 0.0426. The maximum Gasteiger partial charge on any atom is 0.102 e. The van der Waals surface area contributed by atoms with Gasteiger partial charge in [0.25, 0.3) is 0 Å². The zero-order valence-electron chi connectivity index (χ0n) is 12.1. The first kappa shape index (κ1) is 12.2. The van der Waals surface area contributed by atoms with Crippen molar-refractivity contribution < 1.29 is 4.39 Å². The molecule has 0 heterocycles. The fourth-order valence-corrected chi connectivity index (χ4v) is 5.70. The zero-order valence-corrected chi connectivity index (χ0v) is 12.1. The quantitative estimate of drug-likeness (QED) is 0.500. The number of allylic oxidation sites excluding steroid dienone is 4. The van der Waals surface area contributed by atoms with Gasteiger partial charge in [0, 0.05) is 5.41 Å². The van der Waals surface area contributed by atoms with Crippen LogP contribution in [-0.2, 0) is 0 Å². The van der Waals surface area contributed by atoms with Crippen LogP contribution in [0.3, 0.4) is 0 Å². The molecule has 4 aliphatic carbocycles. The van der Waals surface area contributed by atoms with E-state index in [-0.39, 0.29) is 11.2 Å². The highest BCUT2D eigenvalue weighted by atomic mass is 19.1. The molecular weight excluding hydrogens is 235 g/mol. The van der Waals surface area contributed by atoms with Gasteiger partial charge in [0.2, 0.25) is 0 Å². The first-order valence-corrected chi connectivity index (χ1v) is 8.27. The molecule has 0 saturated heterocycles. The van der Waals surface area contributed by atoms with Crippen LogP contribution in [0.2, 0.25) is 0 Å². The van der Waals surface area contributed by atoms with E-state index in [4.69, 9.17) is 0 Å². The van der Waals surface area contributed by atoms with Gasteiger partial charge in [0.05, 0.1) is 0 Å². The fourth-order valence-electron chi connectivity index (χ4n) is 5.70. The molecule has 0 amide bonds. The highest BCUT2D eigenvalue weighted by Gasteiger charge is 2.52. The van der Waals surface area contributed by atoms with Crippen molar-refractivity contribution in [3.63, 3.8) is 0 Å². The molecule has 4 atom stereocenters. The molecule has 4 rings (SSSR count). The minimum absolute atomic E-state index is 0.103. The molecule has 0 radical (unpaired) electrons. The predicted octanol–water partition coefficient (Wildman–Crippen LogP) is 5.56. The van der Waals surface area contributed by atoms with Crippen LogP contribution in [0.4, 0.5) is 4.39 Å². The Morgan fingerprint density at radius 1 is 1.16 bits per heavy atom. The molecule has 0 aromatic heterocycles. The molecule has 104 valence electrons. The molecule has 0 N–H and O–H groups in total. The average Bonchev–Trinajstić information content (AvgIpc) is 2.75. The summed E-state index contributed by atoms with van der Waals surface area (Å²) in [5, 5.41) is 0. The highest BCUT2D eigenvalue weighted by molar-refractivity contribution is 5.28. The molecule has 1 fully saturated rings. The second-order valence-corrected chi connectivity index (χ2v) is 7.50. The van der Waals surface area contributed by atoms with Gasteiger partial charge in [-0.1, -0.05) is 24.1 Å². The third kappa shape index (κ3) is 1.63. The predicted molar refractivity (Wildman–Crippen MR) is 76.3 cm³/mol.